The molecule has 37 heavy (non-hydrogen) atoms. The minimum Gasteiger partial charge on any atom is -0.383 e. The van der Waals surface area contributed by atoms with Crippen molar-refractivity contribution < 1.29 is 4.21 Å². The van der Waals surface area contributed by atoms with Crippen molar-refractivity contribution in [1.29, 1.82) is 0 Å². The Morgan fingerprint density at radius 1 is 0.946 bits per heavy atom. The van der Waals surface area contributed by atoms with Crippen molar-refractivity contribution in [1.82, 2.24) is 24.5 Å². The topological polar surface area (TPSA) is 143 Å². The predicted molar refractivity (Wildman–Crippen MR) is 148 cm³/mol. The van der Waals surface area contributed by atoms with Crippen LogP contribution in [0.25, 0.3) is 27.7 Å². The summed E-state index contributed by atoms with van der Waals surface area (Å²) in [5.41, 5.74) is 13.9. The SMILES string of the molecule is CCc1nc2cccc(Cl)c2c(=O)n1-c1ccccc1.CS(=O)c1ccc(-c2cnc(N)nc2N)cn1. The maximum absolute atomic E-state index is 12.8. The highest BCUT2D eigenvalue weighted by Crippen LogP contribution is 2.23. The second-order valence-corrected chi connectivity index (χ2v) is 9.59. The number of nitrogen functional groups attached to an aromatic ring is 2. The van der Waals surface area contributed by atoms with Gasteiger partial charge in [-0.3, -0.25) is 13.6 Å². The molecule has 5 rings (SSSR count). The highest BCUT2D eigenvalue weighted by atomic mass is 35.5. The number of benzene rings is 2. The highest BCUT2D eigenvalue weighted by Gasteiger charge is 2.13. The van der Waals surface area contributed by atoms with Gasteiger partial charge >= 0.3 is 0 Å². The van der Waals surface area contributed by atoms with Gasteiger partial charge in [0.1, 0.15) is 16.7 Å². The monoisotopic (exact) mass is 533 g/mol. The quantitative estimate of drug-likeness (QED) is 0.352. The van der Waals surface area contributed by atoms with Crippen molar-refractivity contribution in [2.24, 2.45) is 0 Å². The summed E-state index contributed by atoms with van der Waals surface area (Å²) in [6.45, 7) is 1.98. The first-order chi connectivity index (χ1) is 17.8. The van der Waals surface area contributed by atoms with E-state index in [4.69, 9.17) is 23.1 Å². The van der Waals surface area contributed by atoms with Crippen molar-refractivity contribution in [2.45, 2.75) is 18.4 Å². The summed E-state index contributed by atoms with van der Waals surface area (Å²) < 4.78 is 12.8. The maximum atomic E-state index is 12.8. The van der Waals surface area contributed by atoms with Gasteiger partial charge in [0.2, 0.25) is 5.95 Å². The predicted octanol–water partition coefficient (Wildman–Crippen LogP) is 4.04. The van der Waals surface area contributed by atoms with E-state index in [9.17, 15) is 9.00 Å². The Balaban J connectivity index is 0.000000176. The van der Waals surface area contributed by atoms with Gasteiger partial charge in [-0.05, 0) is 36.4 Å². The van der Waals surface area contributed by atoms with E-state index in [1.807, 2.05) is 49.4 Å². The average Bonchev–Trinajstić information content (AvgIpc) is 2.89. The highest BCUT2D eigenvalue weighted by molar-refractivity contribution is 7.84. The van der Waals surface area contributed by atoms with Gasteiger partial charge in [-0.2, -0.15) is 4.98 Å². The van der Waals surface area contributed by atoms with Gasteiger partial charge in [0.25, 0.3) is 5.56 Å². The Hall–Kier alpha value is -4.15. The number of halogens is 1. The molecule has 0 aliphatic rings. The van der Waals surface area contributed by atoms with Gasteiger partial charge in [0, 0.05) is 36.2 Å². The lowest BCUT2D eigenvalue weighted by atomic mass is 10.1. The Kier molecular flexibility index (Phi) is 7.90. The van der Waals surface area contributed by atoms with E-state index >= 15 is 0 Å². The van der Waals surface area contributed by atoms with Crippen LogP contribution in [0.1, 0.15) is 12.7 Å². The number of pyridine rings is 1. The first-order valence-electron chi connectivity index (χ1n) is 11.2. The molecule has 1 atom stereocenters. The van der Waals surface area contributed by atoms with Gasteiger partial charge < -0.3 is 11.5 Å². The van der Waals surface area contributed by atoms with Crippen LogP contribution in [0.4, 0.5) is 11.8 Å². The van der Waals surface area contributed by atoms with Crippen molar-refractivity contribution in [2.75, 3.05) is 17.7 Å². The number of anilines is 2. The molecule has 2 aromatic carbocycles. The zero-order chi connectivity index (χ0) is 26.5. The van der Waals surface area contributed by atoms with Crippen molar-refractivity contribution in [3.63, 3.8) is 0 Å². The van der Waals surface area contributed by atoms with Gasteiger partial charge in [0.15, 0.2) is 0 Å². The summed E-state index contributed by atoms with van der Waals surface area (Å²) in [7, 11) is -1.10. The molecule has 0 radical (unpaired) electrons. The van der Waals surface area contributed by atoms with Crippen LogP contribution in [0.5, 0.6) is 0 Å². The normalized spacial score (nSPS) is 11.5. The van der Waals surface area contributed by atoms with E-state index in [0.29, 0.717) is 38.8 Å². The maximum Gasteiger partial charge on any atom is 0.267 e. The molecule has 0 aliphatic heterocycles. The fraction of sp³-hybridized carbons (Fsp3) is 0.115. The minimum atomic E-state index is -1.10. The molecule has 3 heterocycles. The van der Waals surface area contributed by atoms with Crippen LogP contribution >= 0.6 is 11.6 Å². The molecular formula is C26H24ClN7O2S. The third kappa shape index (κ3) is 5.65. The standard InChI is InChI=1S/C16H13ClN2O.C10H11N5OS/c1-2-14-18-13-10-6-9-12(17)15(13)16(20)19(14)11-7-4-3-5-8-11;1-17(16)8-3-2-6(4-13-8)7-5-14-10(12)15-9(7)11/h3-10H,2H2,1H3;2-5H,1H3,(H4,11,12,14,15). The van der Waals surface area contributed by atoms with E-state index in [-0.39, 0.29) is 11.5 Å². The summed E-state index contributed by atoms with van der Waals surface area (Å²) in [5, 5.41) is 1.42. The number of hydrogen-bond donors (Lipinski definition) is 2. The summed E-state index contributed by atoms with van der Waals surface area (Å²) in [4.78, 5) is 29.2. The number of hydrogen-bond acceptors (Lipinski definition) is 8. The molecule has 0 amide bonds. The lowest BCUT2D eigenvalue weighted by Crippen LogP contribution is -2.23. The molecule has 4 N–H and O–H groups in total. The summed E-state index contributed by atoms with van der Waals surface area (Å²) in [5.74, 6) is 1.16. The molecule has 3 aromatic heterocycles. The van der Waals surface area contributed by atoms with Crippen LogP contribution in [0.15, 0.2) is 82.9 Å². The molecule has 0 spiro atoms. The minimum absolute atomic E-state index is 0.122. The Morgan fingerprint density at radius 3 is 2.32 bits per heavy atom. The van der Waals surface area contributed by atoms with E-state index in [1.54, 1.807) is 35.2 Å². The van der Waals surface area contributed by atoms with Crippen LogP contribution in [-0.4, -0.2) is 35.0 Å². The van der Waals surface area contributed by atoms with E-state index < -0.39 is 10.8 Å². The fourth-order valence-corrected chi connectivity index (χ4v) is 4.37. The summed E-state index contributed by atoms with van der Waals surface area (Å²) in [6.07, 6.45) is 5.37. The lowest BCUT2D eigenvalue weighted by molar-refractivity contribution is 0.684. The van der Waals surface area contributed by atoms with Gasteiger partial charge in [-0.25, -0.2) is 15.0 Å². The van der Waals surface area contributed by atoms with Crippen LogP contribution < -0.4 is 17.0 Å². The molecular weight excluding hydrogens is 510 g/mol. The third-order valence-electron chi connectivity index (χ3n) is 5.43. The van der Waals surface area contributed by atoms with Crippen LogP contribution in [0.3, 0.4) is 0 Å². The first-order valence-corrected chi connectivity index (χ1v) is 13.2. The van der Waals surface area contributed by atoms with E-state index in [1.165, 1.54) is 6.20 Å². The Labute approximate surface area is 220 Å². The molecule has 5 aromatic rings. The number of nitrogens with zero attached hydrogens (tertiary/aromatic N) is 5. The molecule has 0 saturated carbocycles. The number of fused-ring (bicyclic) bond motifs is 1. The molecule has 0 aliphatic carbocycles. The Morgan fingerprint density at radius 2 is 1.70 bits per heavy atom. The number of para-hydroxylation sites is 1. The zero-order valence-electron chi connectivity index (χ0n) is 20.1. The second kappa shape index (κ2) is 11.3. The average molecular weight is 534 g/mol. The molecule has 0 saturated heterocycles. The van der Waals surface area contributed by atoms with Crippen LogP contribution in [-0.2, 0) is 17.2 Å². The molecule has 0 bridgehead atoms. The summed E-state index contributed by atoms with van der Waals surface area (Å²) >= 11 is 6.16. The lowest BCUT2D eigenvalue weighted by Gasteiger charge is -2.12. The van der Waals surface area contributed by atoms with Gasteiger partial charge in [0.05, 0.1) is 32.4 Å². The number of aryl methyl sites for hydroxylation is 1. The Bertz CT molecular complexity index is 1640. The summed E-state index contributed by atoms with van der Waals surface area (Å²) in [6, 6.07) is 18.3. The molecule has 9 nitrogen and oxygen atoms in total. The third-order valence-corrected chi connectivity index (χ3v) is 6.57. The van der Waals surface area contributed by atoms with Gasteiger partial charge in [-0.15, -0.1) is 0 Å². The van der Waals surface area contributed by atoms with E-state index in [0.717, 1.165) is 17.1 Å². The molecule has 1 unspecified atom stereocenters. The van der Waals surface area contributed by atoms with E-state index in [2.05, 4.69) is 19.9 Å². The molecule has 188 valence electrons. The number of rotatable bonds is 4. The largest absolute Gasteiger partial charge is 0.383 e. The molecule has 11 heteroatoms. The van der Waals surface area contributed by atoms with Crippen molar-refractivity contribution >= 4 is 45.1 Å². The van der Waals surface area contributed by atoms with Crippen LogP contribution in [0, 0.1) is 0 Å². The zero-order valence-corrected chi connectivity index (χ0v) is 21.7. The smallest absolute Gasteiger partial charge is 0.267 e. The fourth-order valence-electron chi connectivity index (χ4n) is 3.66. The second-order valence-electron chi connectivity index (χ2n) is 7.86. The van der Waals surface area contributed by atoms with Crippen LogP contribution in [0.2, 0.25) is 5.02 Å². The van der Waals surface area contributed by atoms with Gasteiger partial charge in [-0.1, -0.05) is 42.8 Å². The van der Waals surface area contributed by atoms with Crippen molar-refractivity contribution in [3.05, 3.63) is 94.3 Å². The van der Waals surface area contributed by atoms with Crippen molar-refractivity contribution in [3.8, 4) is 16.8 Å². The number of nitrogens with two attached hydrogens (primary N) is 2. The number of aromatic nitrogens is 5. The first kappa shape index (κ1) is 25.9. The molecule has 0 fully saturated rings.